The van der Waals surface area contributed by atoms with Crippen molar-refractivity contribution in [2.45, 2.75) is 25.0 Å². The van der Waals surface area contributed by atoms with Gasteiger partial charge in [-0.3, -0.25) is 4.79 Å². The van der Waals surface area contributed by atoms with E-state index in [0.717, 1.165) is 38.4 Å². The summed E-state index contributed by atoms with van der Waals surface area (Å²) in [6, 6.07) is 0. The van der Waals surface area contributed by atoms with Gasteiger partial charge in [-0.15, -0.1) is 12.4 Å². The van der Waals surface area contributed by atoms with Gasteiger partial charge >= 0.3 is 0 Å². The van der Waals surface area contributed by atoms with Crippen molar-refractivity contribution in [2.75, 3.05) is 31.9 Å². The van der Waals surface area contributed by atoms with E-state index in [1.165, 1.54) is 0 Å². The first-order valence-corrected chi connectivity index (χ1v) is 6.70. The maximum atomic E-state index is 12.2. The molecule has 16 heavy (non-hydrogen) atoms. The van der Waals surface area contributed by atoms with Gasteiger partial charge in [0.05, 0.1) is 5.92 Å². The van der Waals surface area contributed by atoms with E-state index in [-0.39, 0.29) is 23.1 Å². The van der Waals surface area contributed by atoms with E-state index in [1.54, 1.807) is 0 Å². The molecule has 0 radical (unpaired) electrons. The van der Waals surface area contributed by atoms with E-state index >= 15 is 0 Å². The third-order valence-corrected chi connectivity index (χ3v) is 4.44. The summed E-state index contributed by atoms with van der Waals surface area (Å²) in [6.45, 7) is 8.18. The van der Waals surface area contributed by atoms with Crippen LogP contribution in [-0.4, -0.2) is 47.5 Å². The van der Waals surface area contributed by atoms with E-state index in [0.29, 0.717) is 5.91 Å². The molecule has 0 aliphatic carbocycles. The molecule has 0 aromatic rings. The lowest BCUT2D eigenvalue weighted by molar-refractivity contribution is -0.135. The highest BCUT2D eigenvalue weighted by Crippen LogP contribution is 2.30. The lowest BCUT2D eigenvalue weighted by Gasteiger charge is -2.38. The number of carbonyl (C=O) groups excluding carboxylic acids is 1. The Kier molecular flexibility index (Phi) is 4.95. The van der Waals surface area contributed by atoms with Crippen LogP contribution in [-0.2, 0) is 4.79 Å². The van der Waals surface area contributed by atoms with E-state index < -0.39 is 0 Å². The van der Waals surface area contributed by atoms with Crippen LogP contribution in [0.3, 0.4) is 0 Å². The minimum Gasteiger partial charge on any atom is -0.340 e. The topological polar surface area (TPSA) is 32.3 Å². The van der Waals surface area contributed by atoms with Crippen LogP contribution in [0.25, 0.3) is 0 Å². The maximum Gasteiger partial charge on any atom is 0.227 e. The Morgan fingerprint density at radius 2 is 2.25 bits per heavy atom. The number of hydrogen-bond acceptors (Lipinski definition) is 3. The number of carbonyl (C=O) groups is 1. The first-order chi connectivity index (χ1) is 7.08. The minimum absolute atomic E-state index is 0. The molecule has 0 spiro atoms. The van der Waals surface area contributed by atoms with Crippen molar-refractivity contribution in [1.29, 1.82) is 0 Å². The van der Waals surface area contributed by atoms with Crippen LogP contribution >= 0.6 is 24.2 Å². The number of rotatable bonds is 1. The predicted molar refractivity (Wildman–Crippen MR) is 71.3 cm³/mol. The summed E-state index contributed by atoms with van der Waals surface area (Å²) < 4.78 is 0.236. The molecule has 0 aromatic heterocycles. The van der Waals surface area contributed by atoms with Crippen molar-refractivity contribution in [3.05, 3.63) is 0 Å². The first-order valence-electron chi connectivity index (χ1n) is 5.72. The van der Waals surface area contributed by atoms with Gasteiger partial charge in [0.1, 0.15) is 0 Å². The highest BCUT2D eigenvalue weighted by atomic mass is 35.5. The second-order valence-corrected chi connectivity index (χ2v) is 6.86. The Balaban J connectivity index is 0.00000128. The molecule has 0 aromatic carbocycles. The number of halogens is 1. The van der Waals surface area contributed by atoms with Crippen molar-refractivity contribution in [3.63, 3.8) is 0 Å². The van der Waals surface area contributed by atoms with Gasteiger partial charge in [-0.1, -0.05) is 0 Å². The Bertz CT molecular complexity index is 254. The normalized spacial score (nSPS) is 28.6. The molecule has 3 nitrogen and oxygen atoms in total. The van der Waals surface area contributed by atoms with Crippen LogP contribution < -0.4 is 5.32 Å². The van der Waals surface area contributed by atoms with Gasteiger partial charge < -0.3 is 10.2 Å². The van der Waals surface area contributed by atoms with Gasteiger partial charge in [0.2, 0.25) is 5.91 Å². The van der Waals surface area contributed by atoms with Crippen LogP contribution in [0.2, 0.25) is 0 Å². The quantitative estimate of drug-likeness (QED) is 0.777. The standard InChI is InChI=1S/C11H20N2OS.ClH/c1-11(2)8-13(5-6-15-11)10(14)9-3-4-12-7-9;/h9,12H,3-8H2,1-2H3;1H. The fraction of sp³-hybridized carbons (Fsp3) is 0.909. The van der Waals surface area contributed by atoms with Crippen LogP contribution in [0.15, 0.2) is 0 Å². The first kappa shape index (κ1) is 14.1. The Morgan fingerprint density at radius 1 is 1.50 bits per heavy atom. The highest BCUT2D eigenvalue weighted by Gasteiger charge is 2.33. The smallest absolute Gasteiger partial charge is 0.227 e. The van der Waals surface area contributed by atoms with E-state index in [9.17, 15) is 4.79 Å². The molecule has 2 heterocycles. The second kappa shape index (κ2) is 5.61. The Hall–Kier alpha value is 0.0700. The molecule has 1 unspecified atom stereocenters. The van der Waals surface area contributed by atoms with Gasteiger partial charge in [0, 0.05) is 30.1 Å². The second-order valence-electron chi connectivity index (χ2n) is 5.06. The molecule has 0 bridgehead atoms. The lowest BCUT2D eigenvalue weighted by atomic mass is 10.1. The number of nitrogens with zero attached hydrogens (tertiary/aromatic N) is 1. The average Bonchev–Trinajstić information content (AvgIpc) is 2.67. The zero-order valence-electron chi connectivity index (χ0n) is 9.99. The summed E-state index contributed by atoms with van der Waals surface area (Å²) in [6.07, 6.45) is 1.02. The number of thioether (sulfide) groups is 1. The fourth-order valence-electron chi connectivity index (χ4n) is 2.33. The maximum absolute atomic E-state index is 12.2. The van der Waals surface area contributed by atoms with Crippen molar-refractivity contribution in [3.8, 4) is 0 Å². The van der Waals surface area contributed by atoms with Gasteiger partial charge in [0.15, 0.2) is 0 Å². The van der Waals surface area contributed by atoms with Gasteiger partial charge in [-0.25, -0.2) is 0 Å². The molecular formula is C11H21ClN2OS. The molecule has 94 valence electrons. The number of nitrogens with one attached hydrogen (secondary N) is 1. The minimum atomic E-state index is 0. The van der Waals surface area contributed by atoms with Crippen molar-refractivity contribution >= 4 is 30.1 Å². The van der Waals surface area contributed by atoms with Gasteiger partial charge in [-0.2, -0.15) is 11.8 Å². The molecule has 2 rings (SSSR count). The van der Waals surface area contributed by atoms with Crippen LogP contribution in [0.5, 0.6) is 0 Å². The summed E-state index contributed by atoms with van der Waals surface area (Å²) in [7, 11) is 0. The summed E-state index contributed by atoms with van der Waals surface area (Å²) in [5.74, 6) is 1.69. The van der Waals surface area contributed by atoms with Gasteiger partial charge in [0.25, 0.3) is 0 Å². The molecule has 2 saturated heterocycles. The zero-order chi connectivity index (χ0) is 10.9. The molecule has 1 N–H and O–H groups in total. The zero-order valence-corrected chi connectivity index (χ0v) is 11.6. The summed E-state index contributed by atoms with van der Waals surface area (Å²) in [4.78, 5) is 14.2. The third-order valence-electron chi connectivity index (χ3n) is 3.15. The molecule has 2 aliphatic rings. The summed E-state index contributed by atoms with van der Waals surface area (Å²) in [5, 5.41) is 3.26. The molecule has 5 heteroatoms. The molecule has 1 atom stereocenters. The van der Waals surface area contributed by atoms with Crippen molar-refractivity contribution in [2.24, 2.45) is 5.92 Å². The van der Waals surface area contributed by atoms with E-state index in [1.807, 2.05) is 11.8 Å². The lowest BCUT2D eigenvalue weighted by Crippen LogP contribution is -2.48. The van der Waals surface area contributed by atoms with Crippen LogP contribution in [0, 0.1) is 5.92 Å². The van der Waals surface area contributed by atoms with Gasteiger partial charge in [-0.05, 0) is 26.8 Å². The predicted octanol–water partition coefficient (Wildman–Crippen LogP) is 1.37. The monoisotopic (exact) mass is 264 g/mol. The molecule has 2 aliphatic heterocycles. The molecule has 1 amide bonds. The van der Waals surface area contributed by atoms with E-state index in [2.05, 4.69) is 24.1 Å². The molecule has 2 fully saturated rings. The average molecular weight is 265 g/mol. The van der Waals surface area contributed by atoms with Crippen LogP contribution in [0.4, 0.5) is 0 Å². The number of amides is 1. The largest absolute Gasteiger partial charge is 0.340 e. The molecular weight excluding hydrogens is 244 g/mol. The summed E-state index contributed by atoms with van der Waals surface area (Å²) in [5.41, 5.74) is 0. The summed E-state index contributed by atoms with van der Waals surface area (Å²) >= 11 is 1.97. The van der Waals surface area contributed by atoms with Crippen molar-refractivity contribution in [1.82, 2.24) is 10.2 Å². The van der Waals surface area contributed by atoms with E-state index in [4.69, 9.17) is 0 Å². The van der Waals surface area contributed by atoms with Crippen molar-refractivity contribution < 1.29 is 4.79 Å². The third kappa shape index (κ3) is 3.28. The number of hydrogen-bond donors (Lipinski definition) is 1. The van der Waals surface area contributed by atoms with Crippen LogP contribution in [0.1, 0.15) is 20.3 Å². The fourth-order valence-corrected chi connectivity index (χ4v) is 3.44. The highest BCUT2D eigenvalue weighted by molar-refractivity contribution is 8.00. The Labute approximate surface area is 108 Å². The molecule has 0 saturated carbocycles. The SMILES string of the molecule is CC1(C)CN(C(=O)C2CCNC2)CCS1.Cl. The Morgan fingerprint density at radius 3 is 2.81 bits per heavy atom.